The summed E-state index contributed by atoms with van der Waals surface area (Å²) in [5.41, 5.74) is 2.35. The van der Waals surface area contributed by atoms with E-state index in [9.17, 15) is 4.79 Å². The van der Waals surface area contributed by atoms with Crippen LogP contribution < -0.4 is 24.4 Å². The molecule has 2 aromatic carbocycles. The molecule has 9 heteroatoms. The maximum Gasteiger partial charge on any atom is 0.254 e. The predicted molar refractivity (Wildman–Crippen MR) is 131 cm³/mol. The normalized spacial score (nSPS) is 13.4. The number of amides is 1. The lowest BCUT2D eigenvalue weighted by Crippen LogP contribution is -2.49. The molecule has 178 valence electrons. The Kier molecular flexibility index (Phi) is 7.01. The molecule has 0 bridgehead atoms. The van der Waals surface area contributed by atoms with Crippen LogP contribution in [0.2, 0.25) is 0 Å². The number of anilines is 3. The van der Waals surface area contributed by atoms with Crippen molar-refractivity contribution in [2.75, 3.05) is 57.7 Å². The highest BCUT2D eigenvalue weighted by Gasteiger charge is 2.24. The van der Waals surface area contributed by atoms with Gasteiger partial charge in [-0.3, -0.25) is 4.79 Å². The van der Waals surface area contributed by atoms with Gasteiger partial charge in [-0.15, -0.1) is 0 Å². The molecule has 34 heavy (non-hydrogen) atoms. The van der Waals surface area contributed by atoms with Gasteiger partial charge < -0.3 is 29.3 Å². The van der Waals surface area contributed by atoms with E-state index >= 15 is 0 Å². The van der Waals surface area contributed by atoms with E-state index in [1.165, 1.54) is 0 Å². The molecule has 0 saturated carbocycles. The van der Waals surface area contributed by atoms with Crippen molar-refractivity contribution in [1.82, 2.24) is 14.9 Å². The first-order valence-corrected chi connectivity index (χ1v) is 11.0. The van der Waals surface area contributed by atoms with Crippen LogP contribution in [0.4, 0.5) is 17.5 Å². The van der Waals surface area contributed by atoms with Crippen LogP contribution in [0.25, 0.3) is 0 Å². The largest absolute Gasteiger partial charge is 0.497 e. The van der Waals surface area contributed by atoms with Gasteiger partial charge in [-0.05, 0) is 49.4 Å². The number of nitrogens with zero attached hydrogens (tertiary/aromatic N) is 4. The first-order chi connectivity index (χ1) is 16.5. The summed E-state index contributed by atoms with van der Waals surface area (Å²) in [7, 11) is 4.78. The standard InChI is InChI=1S/C25H29N5O4/c1-17-15-23(27-19-6-8-20(32-2)9-7-19)28-25(26-17)30-13-11-29(12-14-30)24(31)18-5-10-21(33-3)22(16-18)34-4/h5-10,15-16H,11-14H2,1-4H3,(H,26,27,28). The molecule has 4 rings (SSSR count). The Labute approximate surface area is 199 Å². The van der Waals surface area contributed by atoms with Crippen molar-refractivity contribution in [3.8, 4) is 17.2 Å². The first kappa shape index (κ1) is 23.2. The molecule has 1 aromatic heterocycles. The second-order valence-electron chi connectivity index (χ2n) is 7.90. The van der Waals surface area contributed by atoms with Crippen molar-refractivity contribution in [1.29, 1.82) is 0 Å². The van der Waals surface area contributed by atoms with Gasteiger partial charge in [0.25, 0.3) is 5.91 Å². The van der Waals surface area contributed by atoms with Crippen LogP contribution in [0.1, 0.15) is 16.1 Å². The molecule has 9 nitrogen and oxygen atoms in total. The molecule has 1 aliphatic heterocycles. The predicted octanol–water partition coefficient (Wildman–Crippen LogP) is 3.52. The molecular formula is C25H29N5O4. The number of rotatable bonds is 7. The van der Waals surface area contributed by atoms with Crippen molar-refractivity contribution in [3.63, 3.8) is 0 Å². The highest BCUT2D eigenvalue weighted by atomic mass is 16.5. The molecule has 1 aliphatic rings. The van der Waals surface area contributed by atoms with Gasteiger partial charge in [-0.1, -0.05) is 0 Å². The maximum atomic E-state index is 13.0. The van der Waals surface area contributed by atoms with E-state index in [0.29, 0.717) is 49.2 Å². The summed E-state index contributed by atoms with van der Waals surface area (Å²) in [6.45, 7) is 4.38. The Morgan fingerprint density at radius 2 is 1.56 bits per heavy atom. The molecule has 0 aliphatic carbocycles. The van der Waals surface area contributed by atoms with Gasteiger partial charge in [0.05, 0.1) is 21.3 Å². The smallest absolute Gasteiger partial charge is 0.254 e. The zero-order chi connectivity index (χ0) is 24.1. The van der Waals surface area contributed by atoms with Gasteiger partial charge in [0, 0.05) is 49.2 Å². The van der Waals surface area contributed by atoms with E-state index in [1.807, 2.05) is 42.2 Å². The highest BCUT2D eigenvalue weighted by molar-refractivity contribution is 5.95. The van der Waals surface area contributed by atoms with Crippen LogP contribution in [0.5, 0.6) is 17.2 Å². The van der Waals surface area contributed by atoms with E-state index in [2.05, 4.69) is 15.2 Å². The number of hydrogen-bond acceptors (Lipinski definition) is 8. The molecule has 0 radical (unpaired) electrons. The number of piperazine rings is 1. The average molecular weight is 464 g/mol. The average Bonchev–Trinajstić information content (AvgIpc) is 2.88. The van der Waals surface area contributed by atoms with Crippen LogP contribution in [-0.4, -0.2) is 68.3 Å². The molecule has 0 unspecified atom stereocenters. The summed E-state index contributed by atoms with van der Waals surface area (Å²) in [6, 6.07) is 14.8. The van der Waals surface area contributed by atoms with Crippen LogP contribution in [0.15, 0.2) is 48.5 Å². The Morgan fingerprint density at radius 1 is 0.853 bits per heavy atom. The van der Waals surface area contributed by atoms with Gasteiger partial charge in [0.2, 0.25) is 5.95 Å². The topological polar surface area (TPSA) is 89.1 Å². The number of aromatic nitrogens is 2. The van der Waals surface area contributed by atoms with Crippen molar-refractivity contribution >= 4 is 23.4 Å². The number of carbonyl (C=O) groups excluding carboxylic acids is 1. The van der Waals surface area contributed by atoms with E-state index in [0.717, 1.165) is 22.9 Å². The first-order valence-electron chi connectivity index (χ1n) is 11.0. The summed E-state index contributed by atoms with van der Waals surface area (Å²) in [4.78, 5) is 26.3. The minimum Gasteiger partial charge on any atom is -0.497 e. The Bertz CT molecular complexity index is 1140. The summed E-state index contributed by atoms with van der Waals surface area (Å²) < 4.78 is 15.8. The fraction of sp³-hybridized carbons (Fsp3) is 0.320. The molecule has 1 N–H and O–H groups in total. The van der Waals surface area contributed by atoms with E-state index in [4.69, 9.17) is 19.2 Å². The number of benzene rings is 2. The lowest BCUT2D eigenvalue weighted by atomic mass is 10.1. The van der Waals surface area contributed by atoms with E-state index < -0.39 is 0 Å². The van der Waals surface area contributed by atoms with Crippen molar-refractivity contribution in [2.45, 2.75) is 6.92 Å². The number of ether oxygens (including phenoxy) is 3. The SMILES string of the molecule is COc1ccc(Nc2cc(C)nc(N3CCN(C(=O)c4ccc(OC)c(OC)c4)CC3)n2)cc1. The fourth-order valence-electron chi connectivity index (χ4n) is 3.84. The third-order valence-corrected chi connectivity index (χ3v) is 5.69. The van der Waals surface area contributed by atoms with E-state index in [1.54, 1.807) is 39.5 Å². The van der Waals surface area contributed by atoms with Crippen LogP contribution in [0, 0.1) is 6.92 Å². The molecule has 1 saturated heterocycles. The van der Waals surface area contributed by atoms with Gasteiger partial charge in [-0.2, -0.15) is 4.98 Å². The Morgan fingerprint density at radius 3 is 2.21 bits per heavy atom. The number of nitrogens with one attached hydrogen (secondary N) is 1. The zero-order valence-corrected chi connectivity index (χ0v) is 19.9. The van der Waals surface area contributed by atoms with Crippen LogP contribution in [-0.2, 0) is 0 Å². The number of aryl methyl sites for hydroxylation is 1. The fourth-order valence-corrected chi connectivity index (χ4v) is 3.84. The van der Waals surface area contributed by atoms with Crippen molar-refractivity contribution in [2.24, 2.45) is 0 Å². The molecule has 0 spiro atoms. The van der Waals surface area contributed by atoms with Crippen LogP contribution in [0.3, 0.4) is 0 Å². The summed E-state index contributed by atoms with van der Waals surface area (Å²) >= 11 is 0. The van der Waals surface area contributed by atoms with Gasteiger partial charge in [0.1, 0.15) is 11.6 Å². The minimum atomic E-state index is -0.0346. The van der Waals surface area contributed by atoms with Crippen molar-refractivity contribution in [3.05, 3.63) is 59.8 Å². The number of carbonyl (C=O) groups is 1. The molecule has 3 aromatic rings. The third kappa shape index (κ3) is 5.14. The summed E-state index contributed by atoms with van der Waals surface area (Å²) in [5, 5.41) is 3.32. The quantitative estimate of drug-likeness (QED) is 0.569. The second-order valence-corrected chi connectivity index (χ2v) is 7.90. The molecule has 2 heterocycles. The minimum absolute atomic E-state index is 0.0346. The number of methoxy groups -OCH3 is 3. The lowest BCUT2D eigenvalue weighted by Gasteiger charge is -2.35. The lowest BCUT2D eigenvalue weighted by molar-refractivity contribution is 0.0745. The van der Waals surface area contributed by atoms with Gasteiger partial charge >= 0.3 is 0 Å². The van der Waals surface area contributed by atoms with Crippen molar-refractivity contribution < 1.29 is 19.0 Å². The zero-order valence-electron chi connectivity index (χ0n) is 19.9. The summed E-state index contributed by atoms with van der Waals surface area (Å²) in [5.74, 6) is 3.26. The van der Waals surface area contributed by atoms with Gasteiger partial charge in [0.15, 0.2) is 11.5 Å². The van der Waals surface area contributed by atoms with Gasteiger partial charge in [-0.25, -0.2) is 4.98 Å². The van der Waals surface area contributed by atoms with E-state index in [-0.39, 0.29) is 5.91 Å². The monoisotopic (exact) mass is 463 g/mol. The summed E-state index contributed by atoms with van der Waals surface area (Å²) in [6.07, 6.45) is 0. The highest BCUT2D eigenvalue weighted by Crippen LogP contribution is 2.28. The maximum absolute atomic E-state index is 13.0. The number of hydrogen-bond donors (Lipinski definition) is 1. The second kappa shape index (κ2) is 10.3. The third-order valence-electron chi connectivity index (χ3n) is 5.69. The molecular weight excluding hydrogens is 434 g/mol. The van der Waals surface area contributed by atoms with Crippen LogP contribution >= 0.6 is 0 Å². The molecule has 1 fully saturated rings. The Hall–Kier alpha value is -4.01. The molecule has 1 amide bonds. The Balaban J connectivity index is 1.42. The molecule has 0 atom stereocenters.